The van der Waals surface area contributed by atoms with Gasteiger partial charge < -0.3 is 16.0 Å². The number of carbonyl (C=O) groups is 1. The van der Waals surface area contributed by atoms with Crippen LogP contribution in [0.25, 0.3) is 0 Å². The molecule has 0 saturated carbocycles. The zero-order valence-corrected chi connectivity index (χ0v) is 11.3. The van der Waals surface area contributed by atoms with Crippen molar-refractivity contribution in [1.29, 1.82) is 0 Å². The molecule has 1 rings (SSSR count). The molecule has 0 radical (unpaired) electrons. The SMILES string of the molecule is CCCCN(C)CCC(=O)Nc1ccc(N)cc1. The highest BCUT2D eigenvalue weighted by atomic mass is 16.1. The van der Waals surface area contributed by atoms with E-state index in [-0.39, 0.29) is 5.91 Å². The first kappa shape index (κ1) is 14.5. The average Bonchev–Trinajstić information content (AvgIpc) is 2.36. The Labute approximate surface area is 109 Å². The monoisotopic (exact) mass is 249 g/mol. The summed E-state index contributed by atoms with van der Waals surface area (Å²) in [6.45, 7) is 4.01. The summed E-state index contributed by atoms with van der Waals surface area (Å²) >= 11 is 0. The molecule has 4 nitrogen and oxygen atoms in total. The molecule has 1 aromatic carbocycles. The predicted molar refractivity (Wildman–Crippen MR) is 76.5 cm³/mol. The lowest BCUT2D eigenvalue weighted by molar-refractivity contribution is -0.116. The van der Waals surface area contributed by atoms with Crippen LogP contribution in [-0.2, 0) is 4.79 Å². The van der Waals surface area contributed by atoms with Crippen molar-refractivity contribution in [3.63, 3.8) is 0 Å². The van der Waals surface area contributed by atoms with E-state index in [1.807, 2.05) is 19.2 Å². The van der Waals surface area contributed by atoms with Gasteiger partial charge in [0.25, 0.3) is 0 Å². The van der Waals surface area contributed by atoms with Crippen LogP contribution in [0.3, 0.4) is 0 Å². The maximum atomic E-state index is 11.7. The lowest BCUT2D eigenvalue weighted by Crippen LogP contribution is -2.25. The van der Waals surface area contributed by atoms with Crippen LogP contribution in [0.15, 0.2) is 24.3 Å². The maximum Gasteiger partial charge on any atom is 0.225 e. The van der Waals surface area contributed by atoms with Crippen LogP contribution in [0.4, 0.5) is 11.4 Å². The summed E-state index contributed by atoms with van der Waals surface area (Å²) in [5.41, 5.74) is 7.08. The number of carbonyl (C=O) groups excluding carboxylic acids is 1. The van der Waals surface area contributed by atoms with Gasteiger partial charge in [0.1, 0.15) is 0 Å². The third kappa shape index (κ3) is 5.68. The second-order valence-corrected chi connectivity index (χ2v) is 4.58. The summed E-state index contributed by atoms with van der Waals surface area (Å²) < 4.78 is 0. The number of rotatable bonds is 7. The van der Waals surface area contributed by atoms with Gasteiger partial charge in [0.2, 0.25) is 5.91 Å². The molecular formula is C14H23N3O. The summed E-state index contributed by atoms with van der Waals surface area (Å²) in [5, 5.41) is 2.86. The molecule has 0 atom stereocenters. The molecule has 0 spiro atoms. The van der Waals surface area contributed by atoms with Crippen LogP contribution in [-0.4, -0.2) is 30.9 Å². The summed E-state index contributed by atoms with van der Waals surface area (Å²) in [6.07, 6.45) is 2.88. The number of hydrogen-bond acceptors (Lipinski definition) is 3. The van der Waals surface area contributed by atoms with E-state index < -0.39 is 0 Å². The van der Waals surface area contributed by atoms with Gasteiger partial charge in [-0.25, -0.2) is 0 Å². The standard InChI is InChI=1S/C14H23N3O/c1-3-4-10-17(2)11-9-14(18)16-13-7-5-12(15)6-8-13/h5-8H,3-4,9-11,15H2,1-2H3,(H,16,18). The second-order valence-electron chi connectivity index (χ2n) is 4.58. The summed E-state index contributed by atoms with van der Waals surface area (Å²) in [5.74, 6) is 0.0446. The second kappa shape index (κ2) is 7.71. The Morgan fingerprint density at radius 2 is 1.94 bits per heavy atom. The number of nitrogen functional groups attached to an aromatic ring is 1. The van der Waals surface area contributed by atoms with Crippen molar-refractivity contribution in [2.75, 3.05) is 31.2 Å². The molecule has 0 heterocycles. The van der Waals surface area contributed by atoms with Crippen LogP contribution in [0.1, 0.15) is 26.2 Å². The normalized spacial score (nSPS) is 10.6. The minimum atomic E-state index is 0.0446. The quantitative estimate of drug-likeness (QED) is 0.729. The number of nitrogens with one attached hydrogen (secondary N) is 1. The topological polar surface area (TPSA) is 58.4 Å². The van der Waals surface area contributed by atoms with Crippen molar-refractivity contribution in [2.45, 2.75) is 26.2 Å². The third-order valence-corrected chi connectivity index (χ3v) is 2.81. The van der Waals surface area contributed by atoms with E-state index in [1.54, 1.807) is 12.1 Å². The number of anilines is 2. The fourth-order valence-electron chi connectivity index (χ4n) is 1.62. The molecule has 3 N–H and O–H groups in total. The van der Waals surface area contributed by atoms with Crippen molar-refractivity contribution < 1.29 is 4.79 Å². The molecule has 0 aliphatic carbocycles. The zero-order valence-electron chi connectivity index (χ0n) is 11.3. The predicted octanol–water partition coefficient (Wildman–Crippen LogP) is 2.33. The van der Waals surface area contributed by atoms with Gasteiger partial charge in [-0.05, 0) is 44.3 Å². The molecule has 0 unspecified atom stereocenters. The van der Waals surface area contributed by atoms with Gasteiger partial charge in [-0.2, -0.15) is 0 Å². The Kier molecular flexibility index (Phi) is 6.22. The minimum absolute atomic E-state index is 0.0446. The van der Waals surface area contributed by atoms with Gasteiger partial charge in [0.05, 0.1) is 0 Å². The van der Waals surface area contributed by atoms with Crippen molar-refractivity contribution >= 4 is 17.3 Å². The Bertz CT molecular complexity index is 362. The van der Waals surface area contributed by atoms with Gasteiger partial charge in [-0.1, -0.05) is 13.3 Å². The Morgan fingerprint density at radius 3 is 2.56 bits per heavy atom. The molecule has 4 heteroatoms. The Hall–Kier alpha value is -1.55. The first-order valence-corrected chi connectivity index (χ1v) is 6.45. The molecule has 0 aromatic heterocycles. The van der Waals surface area contributed by atoms with Crippen molar-refractivity contribution in [1.82, 2.24) is 4.90 Å². The highest BCUT2D eigenvalue weighted by Crippen LogP contribution is 2.10. The number of hydrogen-bond donors (Lipinski definition) is 2. The van der Waals surface area contributed by atoms with Crippen molar-refractivity contribution in [3.8, 4) is 0 Å². The van der Waals surface area contributed by atoms with Gasteiger partial charge in [0.15, 0.2) is 0 Å². The average molecular weight is 249 g/mol. The van der Waals surface area contributed by atoms with Gasteiger partial charge in [-0.15, -0.1) is 0 Å². The third-order valence-electron chi connectivity index (χ3n) is 2.81. The molecule has 0 saturated heterocycles. The van der Waals surface area contributed by atoms with Crippen molar-refractivity contribution in [2.24, 2.45) is 0 Å². The Balaban J connectivity index is 2.27. The zero-order chi connectivity index (χ0) is 13.4. The molecule has 100 valence electrons. The number of amides is 1. The smallest absolute Gasteiger partial charge is 0.225 e. The lowest BCUT2D eigenvalue weighted by atomic mass is 10.2. The molecule has 0 fully saturated rings. The van der Waals surface area contributed by atoms with E-state index in [0.29, 0.717) is 12.1 Å². The van der Waals surface area contributed by atoms with E-state index in [4.69, 9.17) is 5.73 Å². The fourth-order valence-corrected chi connectivity index (χ4v) is 1.62. The van der Waals surface area contributed by atoms with Crippen LogP contribution in [0, 0.1) is 0 Å². The van der Waals surface area contributed by atoms with Crippen LogP contribution >= 0.6 is 0 Å². The number of benzene rings is 1. The van der Waals surface area contributed by atoms with Crippen LogP contribution in [0.2, 0.25) is 0 Å². The van der Waals surface area contributed by atoms with Gasteiger partial charge >= 0.3 is 0 Å². The molecule has 0 aliphatic heterocycles. The van der Waals surface area contributed by atoms with Gasteiger partial charge in [-0.3, -0.25) is 4.79 Å². The fraction of sp³-hybridized carbons (Fsp3) is 0.500. The number of nitrogens with zero attached hydrogens (tertiary/aromatic N) is 1. The van der Waals surface area contributed by atoms with E-state index in [0.717, 1.165) is 18.8 Å². The maximum absolute atomic E-state index is 11.7. The first-order valence-electron chi connectivity index (χ1n) is 6.45. The van der Waals surface area contributed by atoms with E-state index in [2.05, 4.69) is 17.1 Å². The minimum Gasteiger partial charge on any atom is -0.399 e. The molecular weight excluding hydrogens is 226 g/mol. The van der Waals surface area contributed by atoms with Crippen molar-refractivity contribution in [3.05, 3.63) is 24.3 Å². The van der Waals surface area contributed by atoms with Crippen LogP contribution < -0.4 is 11.1 Å². The highest BCUT2D eigenvalue weighted by Gasteiger charge is 2.04. The van der Waals surface area contributed by atoms with E-state index in [1.165, 1.54) is 12.8 Å². The first-order chi connectivity index (χ1) is 8.61. The number of nitrogens with two attached hydrogens (primary N) is 1. The van der Waals surface area contributed by atoms with E-state index >= 15 is 0 Å². The Morgan fingerprint density at radius 1 is 1.28 bits per heavy atom. The summed E-state index contributed by atoms with van der Waals surface area (Å²) in [6, 6.07) is 7.19. The number of unbranched alkanes of at least 4 members (excludes halogenated alkanes) is 1. The molecule has 1 aromatic rings. The lowest BCUT2D eigenvalue weighted by Gasteiger charge is -2.15. The van der Waals surface area contributed by atoms with Crippen LogP contribution in [0.5, 0.6) is 0 Å². The van der Waals surface area contributed by atoms with E-state index in [9.17, 15) is 4.79 Å². The molecule has 1 amide bonds. The molecule has 0 aliphatic rings. The molecule has 18 heavy (non-hydrogen) atoms. The summed E-state index contributed by atoms with van der Waals surface area (Å²) in [7, 11) is 2.05. The highest BCUT2D eigenvalue weighted by molar-refractivity contribution is 5.90. The summed E-state index contributed by atoms with van der Waals surface area (Å²) in [4.78, 5) is 13.9. The largest absolute Gasteiger partial charge is 0.399 e. The molecule has 0 bridgehead atoms. The van der Waals surface area contributed by atoms with Gasteiger partial charge in [0, 0.05) is 24.3 Å².